The van der Waals surface area contributed by atoms with Gasteiger partial charge in [0.2, 0.25) is 0 Å². The third kappa shape index (κ3) is 4.08. The van der Waals surface area contributed by atoms with E-state index in [0.717, 1.165) is 22.5 Å². The van der Waals surface area contributed by atoms with Crippen LogP contribution in [0.5, 0.6) is 5.75 Å². The van der Waals surface area contributed by atoms with Crippen LogP contribution in [0.2, 0.25) is 0 Å². The van der Waals surface area contributed by atoms with E-state index in [0.29, 0.717) is 55.0 Å². The van der Waals surface area contributed by atoms with Crippen LogP contribution in [0, 0.1) is 17.5 Å². The van der Waals surface area contributed by atoms with Crippen molar-refractivity contribution < 1.29 is 27.5 Å². The van der Waals surface area contributed by atoms with Gasteiger partial charge < -0.3 is 19.5 Å². The second kappa shape index (κ2) is 9.61. The molecule has 0 aliphatic carbocycles. The van der Waals surface area contributed by atoms with Crippen LogP contribution in [0.4, 0.5) is 18.9 Å². The summed E-state index contributed by atoms with van der Waals surface area (Å²) >= 11 is 0. The Bertz CT molecular complexity index is 1910. The number of hydrogen-bond acceptors (Lipinski definition) is 4. The number of nitrogens with one attached hydrogen (secondary N) is 1. The molecule has 10 heteroatoms. The number of anilines is 1. The van der Waals surface area contributed by atoms with Crippen LogP contribution < -0.4 is 9.64 Å². The lowest BCUT2D eigenvalue weighted by molar-refractivity contribution is 0.0670. The first-order valence-corrected chi connectivity index (χ1v) is 13.6. The van der Waals surface area contributed by atoms with E-state index in [1.807, 2.05) is 18.2 Å². The second-order valence-electron chi connectivity index (χ2n) is 10.9. The number of benzene rings is 3. The number of rotatable bonds is 3. The largest absolute Gasteiger partial charge is 0.497 e. The highest BCUT2D eigenvalue weighted by molar-refractivity contribution is 6.09. The van der Waals surface area contributed by atoms with E-state index in [-0.39, 0.29) is 28.7 Å². The van der Waals surface area contributed by atoms with E-state index < -0.39 is 17.0 Å². The van der Waals surface area contributed by atoms with Crippen molar-refractivity contribution in [3.63, 3.8) is 0 Å². The Morgan fingerprint density at radius 1 is 0.929 bits per heavy atom. The summed E-state index contributed by atoms with van der Waals surface area (Å²) in [6, 6.07) is 15.7. The Kier molecular flexibility index (Phi) is 5.96. The minimum atomic E-state index is -1.05. The number of pyridine rings is 1. The lowest BCUT2D eigenvalue weighted by Crippen LogP contribution is -2.48. The highest BCUT2D eigenvalue weighted by atomic mass is 19.2. The number of methoxy groups -OCH3 is 1. The molecule has 2 aliphatic heterocycles. The minimum Gasteiger partial charge on any atom is -0.497 e. The van der Waals surface area contributed by atoms with E-state index in [2.05, 4.69) is 9.97 Å². The van der Waals surface area contributed by atoms with Gasteiger partial charge in [0.1, 0.15) is 22.8 Å². The van der Waals surface area contributed by atoms with Gasteiger partial charge in [-0.05, 0) is 73.0 Å². The number of nitrogens with zero attached hydrogens (tertiary/aromatic N) is 3. The van der Waals surface area contributed by atoms with E-state index in [9.17, 15) is 22.8 Å². The number of H-pyrrole nitrogens is 1. The van der Waals surface area contributed by atoms with Gasteiger partial charge in [0.05, 0.1) is 12.7 Å². The summed E-state index contributed by atoms with van der Waals surface area (Å²) in [6.45, 7) is 1.10. The van der Waals surface area contributed by atoms with Crippen molar-refractivity contribution in [2.24, 2.45) is 0 Å². The van der Waals surface area contributed by atoms with Crippen molar-refractivity contribution in [1.29, 1.82) is 0 Å². The normalized spacial score (nSPS) is 15.9. The van der Waals surface area contributed by atoms with Gasteiger partial charge in [-0.15, -0.1) is 0 Å². The zero-order valence-corrected chi connectivity index (χ0v) is 22.6. The first-order chi connectivity index (χ1) is 20.3. The molecule has 42 heavy (non-hydrogen) atoms. The summed E-state index contributed by atoms with van der Waals surface area (Å²) in [6.07, 6.45) is 2.29. The van der Waals surface area contributed by atoms with E-state index >= 15 is 0 Å². The van der Waals surface area contributed by atoms with Crippen LogP contribution in [0.25, 0.3) is 21.8 Å². The zero-order chi connectivity index (χ0) is 29.2. The number of halogens is 3. The lowest BCUT2D eigenvalue weighted by atomic mass is 9.74. The number of ether oxygens (including phenoxy) is 1. The highest BCUT2D eigenvalue weighted by Gasteiger charge is 2.47. The van der Waals surface area contributed by atoms with Crippen molar-refractivity contribution in [2.75, 3.05) is 31.6 Å². The van der Waals surface area contributed by atoms with E-state index in [1.54, 1.807) is 29.0 Å². The lowest BCUT2D eigenvalue weighted by Gasteiger charge is -2.40. The monoisotopic (exact) mass is 570 g/mol. The molecule has 7 nitrogen and oxygen atoms in total. The fourth-order valence-electron chi connectivity index (χ4n) is 6.32. The number of amides is 2. The molecule has 0 bridgehead atoms. The molecule has 0 saturated carbocycles. The predicted molar refractivity (Wildman–Crippen MR) is 151 cm³/mol. The molecule has 3 aromatic carbocycles. The van der Waals surface area contributed by atoms with Crippen LogP contribution in [-0.4, -0.2) is 53.4 Å². The maximum Gasteiger partial charge on any atom is 0.274 e. The average molecular weight is 571 g/mol. The molecule has 2 amide bonds. The predicted octanol–water partition coefficient (Wildman–Crippen LogP) is 5.98. The van der Waals surface area contributed by atoms with E-state index in [4.69, 9.17) is 4.74 Å². The molecule has 2 aliphatic rings. The van der Waals surface area contributed by atoms with Crippen molar-refractivity contribution in [3.05, 3.63) is 101 Å². The highest BCUT2D eigenvalue weighted by Crippen LogP contribution is 2.48. The van der Waals surface area contributed by atoms with Crippen molar-refractivity contribution in [1.82, 2.24) is 14.9 Å². The molecule has 1 spiro atoms. The number of piperidine rings is 1. The summed E-state index contributed by atoms with van der Waals surface area (Å²) in [5.41, 5.74) is 2.21. The molecule has 1 saturated heterocycles. The van der Waals surface area contributed by atoms with Crippen LogP contribution in [0.1, 0.15) is 39.3 Å². The maximum atomic E-state index is 14.5. The number of aromatic amines is 1. The summed E-state index contributed by atoms with van der Waals surface area (Å²) in [4.78, 5) is 37.7. The Morgan fingerprint density at radius 2 is 1.71 bits per heavy atom. The molecule has 7 rings (SSSR count). The molecule has 1 N–H and O–H groups in total. The number of likely N-dealkylation sites (tertiary alicyclic amines) is 1. The number of fused-ring (bicyclic) bond motifs is 4. The molecule has 1 fully saturated rings. The van der Waals surface area contributed by atoms with Gasteiger partial charge in [-0.3, -0.25) is 14.6 Å². The molecule has 212 valence electrons. The molecular formula is C32H25F3N4O3. The molecular weight excluding hydrogens is 545 g/mol. The molecule has 5 aromatic rings. The Labute approximate surface area is 238 Å². The van der Waals surface area contributed by atoms with Gasteiger partial charge in [0.25, 0.3) is 11.8 Å². The summed E-state index contributed by atoms with van der Waals surface area (Å²) < 4.78 is 47.5. The van der Waals surface area contributed by atoms with Gasteiger partial charge in [0.15, 0.2) is 11.6 Å². The van der Waals surface area contributed by atoms with Crippen molar-refractivity contribution >= 4 is 39.3 Å². The fourth-order valence-corrected chi connectivity index (χ4v) is 6.32. The molecule has 0 unspecified atom stereocenters. The minimum absolute atomic E-state index is 0.132. The van der Waals surface area contributed by atoms with Crippen LogP contribution in [0.3, 0.4) is 0 Å². The molecule has 0 radical (unpaired) electrons. The van der Waals surface area contributed by atoms with Crippen LogP contribution >= 0.6 is 0 Å². The Balaban J connectivity index is 1.14. The third-order valence-corrected chi connectivity index (χ3v) is 8.59. The average Bonchev–Trinajstić information content (AvgIpc) is 3.57. The Morgan fingerprint density at radius 3 is 2.50 bits per heavy atom. The number of aromatic nitrogens is 2. The molecule has 2 aromatic heterocycles. The molecule has 0 atom stereocenters. The van der Waals surface area contributed by atoms with E-state index in [1.165, 1.54) is 30.5 Å². The molecule has 4 heterocycles. The third-order valence-electron chi connectivity index (χ3n) is 8.59. The first-order valence-electron chi connectivity index (χ1n) is 13.6. The summed E-state index contributed by atoms with van der Waals surface area (Å²) in [7, 11) is 1.58. The smallest absolute Gasteiger partial charge is 0.274 e. The van der Waals surface area contributed by atoms with Gasteiger partial charge in [-0.1, -0.05) is 0 Å². The maximum absolute atomic E-state index is 14.5. The van der Waals surface area contributed by atoms with Crippen molar-refractivity contribution in [3.8, 4) is 5.75 Å². The zero-order valence-electron chi connectivity index (χ0n) is 22.6. The number of carbonyl (C=O) groups excluding carboxylic acids is 2. The second-order valence-corrected chi connectivity index (χ2v) is 10.9. The Hall–Kier alpha value is -4.86. The van der Waals surface area contributed by atoms with Gasteiger partial charge in [-0.25, -0.2) is 13.2 Å². The fraction of sp³-hybridized carbons (Fsp3) is 0.219. The quantitative estimate of drug-likeness (QED) is 0.290. The summed E-state index contributed by atoms with van der Waals surface area (Å²) in [5.74, 6) is -2.26. The summed E-state index contributed by atoms with van der Waals surface area (Å²) in [5, 5.41) is 1.20. The SMILES string of the molecule is COc1ccc2cc(C(=O)N3CC4(CCN(C(=O)c5cnc6c(F)c(F)ccc6c5)CC4)c4cc(F)ccc43)[nH]c2c1. The first kappa shape index (κ1) is 26.1. The van der Waals surface area contributed by atoms with Crippen LogP contribution in [0.15, 0.2) is 66.9 Å². The number of carbonyl (C=O) groups is 2. The van der Waals surface area contributed by atoms with Crippen LogP contribution in [-0.2, 0) is 5.41 Å². The van der Waals surface area contributed by atoms with Gasteiger partial charge in [-0.2, -0.15) is 0 Å². The topological polar surface area (TPSA) is 78.5 Å². The van der Waals surface area contributed by atoms with Gasteiger partial charge >= 0.3 is 0 Å². The standard InChI is InChI=1S/C32H25F3N4O3/c1-42-22-5-2-18-13-26(37-25(18)15-22)31(41)39-17-32(23-14-21(33)4-7-27(23)39)8-10-38(11-9-32)30(40)20-12-19-3-6-24(34)28(35)29(19)36-16-20/h2-7,12-16,37H,8-11,17H2,1H3. The van der Waals surface area contributed by atoms with Gasteiger partial charge in [0, 0.05) is 59.3 Å². The van der Waals surface area contributed by atoms with Crippen molar-refractivity contribution in [2.45, 2.75) is 18.3 Å². The number of hydrogen-bond donors (Lipinski definition) is 1.